The zero-order chi connectivity index (χ0) is 14.6. The molecular formula is C15H22N2O2. The first-order chi connectivity index (χ1) is 8.96. The highest BCUT2D eigenvalue weighted by Crippen LogP contribution is 2.21. The van der Waals surface area contributed by atoms with E-state index in [1.165, 1.54) is 6.07 Å². The summed E-state index contributed by atoms with van der Waals surface area (Å²) in [6.45, 7) is 9.95. The van der Waals surface area contributed by atoms with Crippen LogP contribution in [0.2, 0.25) is 0 Å². The third-order valence-corrected chi connectivity index (χ3v) is 3.62. The van der Waals surface area contributed by atoms with Gasteiger partial charge in [0.05, 0.1) is 5.56 Å². The smallest absolute Gasteiger partial charge is 0.257 e. The monoisotopic (exact) mass is 262 g/mol. The van der Waals surface area contributed by atoms with Crippen LogP contribution >= 0.6 is 0 Å². The lowest BCUT2D eigenvalue weighted by Crippen LogP contribution is -2.44. The molecule has 1 aromatic rings. The van der Waals surface area contributed by atoms with E-state index in [2.05, 4.69) is 13.8 Å². The Hall–Kier alpha value is -1.76. The SMILES string of the molecule is CCC(C)N(C(=O)c1cc(C#N)oc1C)C(C)CC. The fourth-order valence-corrected chi connectivity index (χ4v) is 2.12. The van der Waals surface area contributed by atoms with E-state index >= 15 is 0 Å². The summed E-state index contributed by atoms with van der Waals surface area (Å²) in [6, 6.07) is 3.81. The van der Waals surface area contributed by atoms with Crippen molar-refractivity contribution >= 4 is 5.91 Å². The lowest BCUT2D eigenvalue weighted by Gasteiger charge is -2.33. The highest BCUT2D eigenvalue weighted by Gasteiger charge is 2.27. The van der Waals surface area contributed by atoms with Crippen LogP contribution in [0.4, 0.5) is 0 Å². The van der Waals surface area contributed by atoms with E-state index in [0.29, 0.717) is 11.3 Å². The van der Waals surface area contributed by atoms with Crippen LogP contribution in [0.1, 0.15) is 62.4 Å². The van der Waals surface area contributed by atoms with Gasteiger partial charge in [0.1, 0.15) is 11.8 Å². The summed E-state index contributed by atoms with van der Waals surface area (Å²) in [5, 5.41) is 8.84. The summed E-state index contributed by atoms with van der Waals surface area (Å²) in [4.78, 5) is 14.5. The van der Waals surface area contributed by atoms with E-state index < -0.39 is 0 Å². The van der Waals surface area contributed by atoms with E-state index in [4.69, 9.17) is 9.68 Å². The van der Waals surface area contributed by atoms with Gasteiger partial charge in [-0.3, -0.25) is 4.79 Å². The topological polar surface area (TPSA) is 57.2 Å². The van der Waals surface area contributed by atoms with Gasteiger partial charge in [-0.1, -0.05) is 13.8 Å². The highest BCUT2D eigenvalue weighted by molar-refractivity contribution is 5.95. The number of nitrogens with zero attached hydrogens (tertiary/aromatic N) is 2. The molecule has 2 unspecified atom stereocenters. The molecule has 0 radical (unpaired) electrons. The fourth-order valence-electron chi connectivity index (χ4n) is 2.12. The van der Waals surface area contributed by atoms with Gasteiger partial charge in [-0.25, -0.2) is 0 Å². The molecule has 1 amide bonds. The lowest BCUT2D eigenvalue weighted by atomic mass is 10.1. The summed E-state index contributed by atoms with van der Waals surface area (Å²) in [7, 11) is 0. The number of amides is 1. The molecule has 19 heavy (non-hydrogen) atoms. The van der Waals surface area contributed by atoms with Crippen LogP contribution < -0.4 is 0 Å². The normalized spacial score (nSPS) is 13.7. The van der Waals surface area contributed by atoms with Crippen LogP contribution in [-0.4, -0.2) is 22.9 Å². The van der Waals surface area contributed by atoms with Crippen LogP contribution in [0, 0.1) is 18.3 Å². The molecule has 0 fully saturated rings. The first kappa shape index (κ1) is 15.3. The molecule has 0 aliphatic heterocycles. The number of hydrogen-bond acceptors (Lipinski definition) is 3. The summed E-state index contributed by atoms with van der Waals surface area (Å²) < 4.78 is 5.25. The van der Waals surface area contributed by atoms with E-state index in [-0.39, 0.29) is 23.8 Å². The second-order valence-corrected chi connectivity index (χ2v) is 4.92. The molecule has 1 rings (SSSR count). The van der Waals surface area contributed by atoms with Crippen molar-refractivity contribution < 1.29 is 9.21 Å². The summed E-state index contributed by atoms with van der Waals surface area (Å²) in [5.41, 5.74) is 0.497. The molecule has 4 nitrogen and oxygen atoms in total. The van der Waals surface area contributed by atoms with Crippen molar-refractivity contribution in [2.75, 3.05) is 0 Å². The van der Waals surface area contributed by atoms with E-state index in [0.717, 1.165) is 12.8 Å². The second kappa shape index (κ2) is 6.42. The molecule has 0 N–H and O–H groups in total. The van der Waals surface area contributed by atoms with Crippen molar-refractivity contribution in [3.63, 3.8) is 0 Å². The molecule has 0 aliphatic rings. The van der Waals surface area contributed by atoms with E-state index in [1.54, 1.807) is 6.92 Å². The van der Waals surface area contributed by atoms with Gasteiger partial charge in [-0.2, -0.15) is 5.26 Å². The predicted molar refractivity (Wildman–Crippen MR) is 73.8 cm³/mol. The molecule has 2 atom stereocenters. The Balaban J connectivity index is 3.12. The molecule has 0 saturated heterocycles. The molecule has 0 bridgehead atoms. The third kappa shape index (κ3) is 3.17. The van der Waals surface area contributed by atoms with Crippen molar-refractivity contribution in [3.05, 3.63) is 23.2 Å². The molecule has 0 aliphatic carbocycles. The number of aryl methyl sites for hydroxylation is 1. The van der Waals surface area contributed by atoms with Crippen LogP contribution in [0.15, 0.2) is 10.5 Å². The summed E-state index contributed by atoms with van der Waals surface area (Å²) >= 11 is 0. The Bertz CT molecular complexity index is 475. The Morgan fingerprint density at radius 2 is 1.89 bits per heavy atom. The maximum atomic E-state index is 12.7. The number of hydrogen-bond donors (Lipinski definition) is 0. The minimum Gasteiger partial charge on any atom is -0.450 e. The van der Waals surface area contributed by atoms with Crippen molar-refractivity contribution in [1.82, 2.24) is 4.90 Å². The van der Waals surface area contributed by atoms with Gasteiger partial charge in [-0.05, 0) is 33.6 Å². The molecule has 4 heteroatoms. The maximum Gasteiger partial charge on any atom is 0.257 e. The molecule has 0 aromatic carbocycles. The first-order valence-corrected chi connectivity index (χ1v) is 6.79. The number of furan rings is 1. The Labute approximate surface area is 115 Å². The first-order valence-electron chi connectivity index (χ1n) is 6.79. The van der Waals surface area contributed by atoms with Crippen LogP contribution in [0.3, 0.4) is 0 Å². The number of rotatable bonds is 5. The maximum absolute atomic E-state index is 12.7. The average Bonchev–Trinajstić information content (AvgIpc) is 2.79. The van der Waals surface area contributed by atoms with Crippen molar-refractivity contribution in [1.29, 1.82) is 5.26 Å². The highest BCUT2D eigenvalue weighted by atomic mass is 16.3. The zero-order valence-corrected chi connectivity index (χ0v) is 12.4. The number of carbonyl (C=O) groups is 1. The molecule has 104 valence electrons. The molecule has 1 aromatic heterocycles. The standard InChI is InChI=1S/C15H22N2O2/c1-6-10(3)17(11(4)7-2)15(18)14-8-13(9-16)19-12(14)5/h8,10-11H,6-7H2,1-5H3. The quantitative estimate of drug-likeness (QED) is 0.816. The molecule has 1 heterocycles. The molecular weight excluding hydrogens is 240 g/mol. The van der Waals surface area contributed by atoms with Crippen LogP contribution in [0.25, 0.3) is 0 Å². The van der Waals surface area contributed by atoms with Gasteiger partial charge >= 0.3 is 0 Å². The van der Waals surface area contributed by atoms with Crippen molar-refractivity contribution in [2.45, 2.75) is 59.5 Å². The minimum atomic E-state index is -0.0496. The van der Waals surface area contributed by atoms with Crippen LogP contribution in [-0.2, 0) is 0 Å². The van der Waals surface area contributed by atoms with Crippen molar-refractivity contribution in [2.24, 2.45) is 0 Å². The molecule has 0 spiro atoms. The number of carbonyl (C=O) groups excluding carboxylic acids is 1. The van der Waals surface area contributed by atoms with E-state index in [9.17, 15) is 4.79 Å². The Morgan fingerprint density at radius 3 is 2.26 bits per heavy atom. The van der Waals surface area contributed by atoms with Gasteiger partial charge in [-0.15, -0.1) is 0 Å². The molecule has 0 saturated carbocycles. The summed E-state index contributed by atoms with van der Waals surface area (Å²) in [6.07, 6.45) is 1.80. The van der Waals surface area contributed by atoms with Crippen molar-refractivity contribution in [3.8, 4) is 6.07 Å². The third-order valence-electron chi connectivity index (χ3n) is 3.62. The Morgan fingerprint density at radius 1 is 1.37 bits per heavy atom. The predicted octanol–water partition coefficient (Wildman–Crippen LogP) is 3.50. The number of nitriles is 1. The van der Waals surface area contributed by atoms with Crippen LogP contribution in [0.5, 0.6) is 0 Å². The second-order valence-electron chi connectivity index (χ2n) is 4.92. The largest absolute Gasteiger partial charge is 0.450 e. The van der Waals surface area contributed by atoms with Gasteiger partial charge in [0, 0.05) is 18.2 Å². The average molecular weight is 262 g/mol. The summed E-state index contributed by atoms with van der Waals surface area (Å²) in [5.74, 6) is 0.652. The lowest BCUT2D eigenvalue weighted by molar-refractivity contribution is 0.0596. The Kier molecular flexibility index (Phi) is 5.17. The van der Waals surface area contributed by atoms with Gasteiger partial charge < -0.3 is 9.32 Å². The van der Waals surface area contributed by atoms with Gasteiger partial charge in [0.15, 0.2) is 0 Å². The zero-order valence-electron chi connectivity index (χ0n) is 12.4. The van der Waals surface area contributed by atoms with Gasteiger partial charge in [0.2, 0.25) is 5.76 Å². The van der Waals surface area contributed by atoms with E-state index in [1.807, 2.05) is 24.8 Å². The fraction of sp³-hybridized carbons (Fsp3) is 0.600. The van der Waals surface area contributed by atoms with Gasteiger partial charge in [0.25, 0.3) is 5.91 Å². The minimum absolute atomic E-state index is 0.0496.